The Morgan fingerprint density at radius 1 is 1.43 bits per heavy atom. The van der Waals surface area contributed by atoms with Crippen LogP contribution in [0.5, 0.6) is 0 Å². The van der Waals surface area contributed by atoms with Crippen molar-refractivity contribution in [2.45, 2.75) is 13.3 Å². The highest BCUT2D eigenvalue weighted by molar-refractivity contribution is 5.93. The number of hydrogen-bond donors (Lipinski definition) is 2. The van der Waals surface area contributed by atoms with E-state index in [1.807, 2.05) is 31.2 Å². The predicted molar refractivity (Wildman–Crippen MR) is 77.0 cm³/mol. The molecule has 0 unspecified atom stereocenters. The molecule has 1 aromatic heterocycles. The number of nitrogens with zero attached hydrogens (tertiary/aromatic N) is 2. The van der Waals surface area contributed by atoms with E-state index in [4.69, 9.17) is 5.11 Å². The zero-order valence-electron chi connectivity index (χ0n) is 11.2. The molecule has 0 atom stereocenters. The van der Waals surface area contributed by atoms with Gasteiger partial charge in [-0.25, -0.2) is 9.78 Å². The van der Waals surface area contributed by atoms with Crippen LogP contribution < -0.4 is 5.32 Å². The van der Waals surface area contributed by atoms with Gasteiger partial charge in [0.2, 0.25) is 0 Å². The Morgan fingerprint density at radius 3 is 2.81 bits per heavy atom. The molecule has 21 heavy (non-hydrogen) atoms. The minimum Gasteiger partial charge on any atom is -0.477 e. The molecule has 2 aromatic rings. The highest BCUT2D eigenvalue weighted by Gasteiger charge is 2.21. The zero-order chi connectivity index (χ0) is 15.4. The van der Waals surface area contributed by atoms with E-state index < -0.39 is 22.1 Å². The highest BCUT2D eigenvalue weighted by Crippen LogP contribution is 2.23. The molecule has 0 fully saturated rings. The van der Waals surface area contributed by atoms with Gasteiger partial charge in [-0.1, -0.05) is 19.1 Å². The molecule has 1 heterocycles. The van der Waals surface area contributed by atoms with E-state index in [1.165, 1.54) is 0 Å². The molecule has 0 bridgehead atoms. The zero-order valence-corrected chi connectivity index (χ0v) is 11.2. The number of nitro groups is 1. The number of nitrogens with one attached hydrogen (secondary N) is 1. The molecule has 2 N–H and O–H groups in total. The van der Waals surface area contributed by atoms with Gasteiger partial charge >= 0.3 is 11.7 Å². The van der Waals surface area contributed by atoms with E-state index in [1.54, 1.807) is 0 Å². The second kappa shape index (κ2) is 6.00. The molecule has 0 saturated heterocycles. The summed E-state index contributed by atoms with van der Waals surface area (Å²) in [5.74, 6) is -1.12. The molecule has 0 amide bonds. The molecule has 0 aliphatic rings. The Hall–Kier alpha value is -2.96. The minimum atomic E-state index is -1.37. The van der Waals surface area contributed by atoms with Crippen LogP contribution in [0.25, 0.3) is 0 Å². The quantitative estimate of drug-likeness (QED) is 0.647. The Labute approximate surface area is 120 Å². The average Bonchev–Trinajstić information content (AvgIpc) is 2.47. The van der Waals surface area contributed by atoms with E-state index in [9.17, 15) is 14.9 Å². The van der Waals surface area contributed by atoms with Crippen molar-refractivity contribution in [3.05, 3.63) is 57.8 Å². The lowest BCUT2D eigenvalue weighted by Crippen LogP contribution is -2.05. The van der Waals surface area contributed by atoms with Gasteiger partial charge in [0, 0.05) is 11.8 Å². The number of pyridine rings is 1. The highest BCUT2D eigenvalue weighted by atomic mass is 16.6. The van der Waals surface area contributed by atoms with Crippen LogP contribution in [0, 0.1) is 10.1 Å². The molecular weight excluding hydrogens is 274 g/mol. The molecule has 0 aliphatic heterocycles. The maximum atomic E-state index is 11.1. The maximum absolute atomic E-state index is 11.1. The average molecular weight is 287 g/mol. The van der Waals surface area contributed by atoms with Crippen LogP contribution in [0.15, 0.2) is 36.5 Å². The van der Waals surface area contributed by atoms with Gasteiger partial charge < -0.3 is 10.4 Å². The summed E-state index contributed by atoms with van der Waals surface area (Å²) in [6.45, 7) is 2.02. The van der Waals surface area contributed by atoms with Crippen molar-refractivity contribution in [1.82, 2.24) is 4.98 Å². The fraction of sp³-hybridized carbons (Fsp3) is 0.143. The predicted octanol–water partition coefficient (Wildman–Crippen LogP) is 2.99. The molecule has 0 saturated carbocycles. The Morgan fingerprint density at radius 2 is 2.19 bits per heavy atom. The van der Waals surface area contributed by atoms with Gasteiger partial charge in [0.15, 0.2) is 0 Å². The molecule has 0 radical (unpaired) electrons. The second-order valence-electron chi connectivity index (χ2n) is 4.33. The fourth-order valence-electron chi connectivity index (χ4n) is 1.85. The SMILES string of the molecule is CCc1cccc(Nc2cc(C(=O)O)c([N+](=O)[O-])cn2)c1. The van der Waals surface area contributed by atoms with Gasteiger partial charge in [-0.3, -0.25) is 10.1 Å². The van der Waals surface area contributed by atoms with Crippen molar-refractivity contribution in [3.63, 3.8) is 0 Å². The molecule has 0 aliphatic carbocycles. The van der Waals surface area contributed by atoms with Crippen molar-refractivity contribution < 1.29 is 14.8 Å². The van der Waals surface area contributed by atoms with Crippen molar-refractivity contribution in [1.29, 1.82) is 0 Å². The van der Waals surface area contributed by atoms with Crippen molar-refractivity contribution in [3.8, 4) is 0 Å². The number of carboxylic acid groups (broad SMARTS) is 1. The molecule has 0 spiro atoms. The van der Waals surface area contributed by atoms with Gasteiger partial charge in [-0.05, 0) is 24.1 Å². The fourth-order valence-corrected chi connectivity index (χ4v) is 1.85. The minimum absolute atomic E-state index is 0.242. The van der Waals surface area contributed by atoms with Crippen LogP contribution in [0.4, 0.5) is 17.2 Å². The smallest absolute Gasteiger partial charge is 0.342 e. The number of aromatic carboxylic acids is 1. The van der Waals surface area contributed by atoms with E-state index in [0.717, 1.165) is 29.9 Å². The first-order valence-electron chi connectivity index (χ1n) is 6.25. The number of rotatable bonds is 5. The first-order valence-corrected chi connectivity index (χ1v) is 6.25. The monoisotopic (exact) mass is 287 g/mol. The van der Waals surface area contributed by atoms with Crippen LogP contribution >= 0.6 is 0 Å². The first kappa shape index (κ1) is 14.4. The standard InChI is InChI=1S/C14H13N3O4/c1-2-9-4-3-5-10(6-9)16-13-7-11(14(18)19)12(8-15-13)17(20)21/h3-8H,2H2,1H3,(H,15,16)(H,18,19). The maximum Gasteiger partial charge on any atom is 0.342 e. The first-order chi connectivity index (χ1) is 10.0. The molecular formula is C14H13N3O4. The number of anilines is 2. The second-order valence-corrected chi connectivity index (χ2v) is 4.33. The number of benzene rings is 1. The van der Waals surface area contributed by atoms with E-state index in [2.05, 4.69) is 10.3 Å². The number of aryl methyl sites for hydroxylation is 1. The summed E-state index contributed by atoms with van der Waals surface area (Å²) in [7, 11) is 0. The Bertz CT molecular complexity index is 700. The summed E-state index contributed by atoms with van der Waals surface area (Å²) in [4.78, 5) is 24.9. The van der Waals surface area contributed by atoms with E-state index in [0.29, 0.717) is 0 Å². The van der Waals surface area contributed by atoms with Crippen molar-refractivity contribution in [2.75, 3.05) is 5.32 Å². The number of carboxylic acids is 1. The summed E-state index contributed by atoms with van der Waals surface area (Å²) in [6, 6.07) is 8.70. The lowest BCUT2D eigenvalue weighted by Gasteiger charge is -2.08. The van der Waals surface area contributed by atoms with Gasteiger partial charge in [0.05, 0.1) is 4.92 Å². The van der Waals surface area contributed by atoms with Crippen LogP contribution in [0.2, 0.25) is 0 Å². The summed E-state index contributed by atoms with van der Waals surface area (Å²) >= 11 is 0. The summed E-state index contributed by atoms with van der Waals surface area (Å²) in [5.41, 5.74) is 0.923. The largest absolute Gasteiger partial charge is 0.477 e. The third kappa shape index (κ3) is 3.33. The third-order valence-corrected chi connectivity index (χ3v) is 2.92. The lowest BCUT2D eigenvalue weighted by atomic mass is 10.1. The van der Waals surface area contributed by atoms with Gasteiger partial charge in [-0.15, -0.1) is 0 Å². The third-order valence-electron chi connectivity index (χ3n) is 2.92. The van der Waals surface area contributed by atoms with Gasteiger partial charge in [0.25, 0.3) is 0 Å². The van der Waals surface area contributed by atoms with Crippen molar-refractivity contribution in [2.24, 2.45) is 0 Å². The number of aromatic nitrogens is 1. The summed E-state index contributed by atoms with van der Waals surface area (Å²) in [6.07, 6.45) is 1.80. The molecule has 1 aromatic carbocycles. The summed E-state index contributed by atoms with van der Waals surface area (Å²) < 4.78 is 0. The topological polar surface area (TPSA) is 105 Å². The molecule has 108 valence electrons. The number of carbonyl (C=O) groups is 1. The van der Waals surface area contributed by atoms with Crippen LogP contribution in [0.3, 0.4) is 0 Å². The van der Waals surface area contributed by atoms with Crippen molar-refractivity contribution >= 4 is 23.2 Å². The van der Waals surface area contributed by atoms with Gasteiger partial charge in [0.1, 0.15) is 17.6 Å². The lowest BCUT2D eigenvalue weighted by molar-refractivity contribution is -0.385. The normalized spacial score (nSPS) is 10.1. The summed E-state index contributed by atoms with van der Waals surface area (Å²) in [5, 5.41) is 22.7. The number of hydrogen-bond acceptors (Lipinski definition) is 5. The van der Waals surface area contributed by atoms with Crippen LogP contribution in [0.1, 0.15) is 22.8 Å². The van der Waals surface area contributed by atoms with Gasteiger partial charge in [-0.2, -0.15) is 0 Å². The Kier molecular flexibility index (Phi) is 4.13. The van der Waals surface area contributed by atoms with Crippen LogP contribution in [-0.2, 0) is 6.42 Å². The van der Waals surface area contributed by atoms with E-state index >= 15 is 0 Å². The molecule has 7 nitrogen and oxygen atoms in total. The van der Waals surface area contributed by atoms with E-state index in [-0.39, 0.29) is 5.82 Å². The molecule has 2 rings (SSSR count). The Balaban J connectivity index is 2.34. The van der Waals surface area contributed by atoms with Crippen LogP contribution in [-0.4, -0.2) is 21.0 Å². The molecule has 7 heteroatoms.